The van der Waals surface area contributed by atoms with Crippen LogP contribution in [0.25, 0.3) is 10.9 Å². The van der Waals surface area contributed by atoms with Crippen LogP contribution in [0.2, 0.25) is 0 Å². The van der Waals surface area contributed by atoms with Crippen molar-refractivity contribution in [2.75, 3.05) is 6.54 Å². The van der Waals surface area contributed by atoms with Gasteiger partial charge in [-0.2, -0.15) is 0 Å². The number of para-hydroxylation sites is 1. The monoisotopic (exact) mass is 401 g/mol. The lowest BCUT2D eigenvalue weighted by molar-refractivity contribution is 0.0693. The number of hydrogen-bond donors (Lipinski definition) is 1. The molecule has 0 saturated carbocycles. The van der Waals surface area contributed by atoms with Crippen molar-refractivity contribution < 1.29 is 9.59 Å². The Morgan fingerprint density at radius 2 is 1.86 bits per heavy atom. The molecular weight excluding hydrogens is 382 g/mol. The number of carbonyl (C=O) groups excluding carboxylic acids is 2. The number of pyridine rings is 1. The number of thiophene rings is 1. The summed E-state index contributed by atoms with van der Waals surface area (Å²) in [4.78, 5) is 36.3. The van der Waals surface area contributed by atoms with E-state index in [0.29, 0.717) is 16.3 Å². The third-order valence-corrected chi connectivity index (χ3v) is 6.60. The van der Waals surface area contributed by atoms with Gasteiger partial charge in [-0.15, -0.1) is 11.3 Å². The molecule has 0 saturated heterocycles. The van der Waals surface area contributed by atoms with Crippen molar-refractivity contribution in [2.45, 2.75) is 19.4 Å². The van der Waals surface area contributed by atoms with Gasteiger partial charge in [-0.3, -0.25) is 14.6 Å². The summed E-state index contributed by atoms with van der Waals surface area (Å²) in [7, 11) is 0. The van der Waals surface area contributed by atoms with Crippen molar-refractivity contribution in [3.05, 3.63) is 87.5 Å². The highest BCUT2D eigenvalue weighted by Gasteiger charge is 2.36. The first kappa shape index (κ1) is 17.8. The van der Waals surface area contributed by atoms with E-state index in [9.17, 15) is 9.59 Å². The van der Waals surface area contributed by atoms with Crippen molar-refractivity contribution in [2.24, 2.45) is 0 Å². The molecule has 0 fully saturated rings. The van der Waals surface area contributed by atoms with Crippen molar-refractivity contribution in [3.8, 4) is 0 Å². The number of aromatic amines is 1. The van der Waals surface area contributed by atoms with Gasteiger partial charge in [0.1, 0.15) is 6.04 Å². The fourth-order valence-corrected chi connectivity index (χ4v) is 4.95. The molecule has 3 aromatic heterocycles. The van der Waals surface area contributed by atoms with Gasteiger partial charge in [0.15, 0.2) is 5.78 Å². The van der Waals surface area contributed by atoms with Crippen LogP contribution in [0, 0.1) is 0 Å². The number of hydrogen-bond acceptors (Lipinski definition) is 4. The number of fused-ring (bicyclic) bond motifs is 3. The minimum Gasteiger partial charge on any atom is -0.356 e. The summed E-state index contributed by atoms with van der Waals surface area (Å²) in [6.45, 7) is 2.12. The Morgan fingerprint density at radius 3 is 2.62 bits per heavy atom. The third kappa shape index (κ3) is 2.96. The molecule has 1 aromatic carbocycles. The minimum atomic E-state index is -0.289. The summed E-state index contributed by atoms with van der Waals surface area (Å²) in [6.07, 6.45) is 2.54. The van der Waals surface area contributed by atoms with E-state index >= 15 is 0 Å². The maximum atomic E-state index is 13.4. The molecular formula is C23H19N3O2S. The highest BCUT2D eigenvalue weighted by atomic mass is 32.1. The molecule has 0 bridgehead atoms. The van der Waals surface area contributed by atoms with Crippen LogP contribution in [0.15, 0.2) is 60.8 Å². The van der Waals surface area contributed by atoms with Crippen LogP contribution in [0.1, 0.15) is 49.3 Å². The number of ketones is 1. The largest absolute Gasteiger partial charge is 0.356 e. The SMILES string of the molecule is CC(=O)c1ccc(C(=O)N2CCc3c([nH]c4ccccc34)[C@@H]2c2ccccn2)s1. The standard InChI is InChI=1S/C23H19N3O2S/c1-14(27)19-9-10-20(29-19)23(28)26-13-11-16-15-6-2-3-7-17(15)25-21(16)22(26)18-8-4-5-12-24-18/h2-10,12,22,25H,11,13H2,1H3/t22-/m0/s1. The van der Waals surface area contributed by atoms with Crippen molar-refractivity contribution in [1.82, 2.24) is 14.9 Å². The summed E-state index contributed by atoms with van der Waals surface area (Å²) in [5, 5.41) is 1.20. The maximum absolute atomic E-state index is 13.4. The number of nitrogens with zero attached hydrogens (tertiary/aromatic N) is 2. The van der Waals surface area contributed by atoms with Crippen molar-refractivity contribution >= 4 is 33.9 Å². The number of carbonyl (C=O) groups is 2. The number of rotatable bonds is 3. The molecule has 4 aromatic rings. The van der Waals surface area contributed by atoms with E-state index in [4.69, 9.17) is 0 Å². The lowest BCUT2D eigenvalue weighted by Gasteiger charge is -2.35. The fourth-order valence-electron chi connectivity index (χ4n) is 4.09. The molecule has 1 aliphatic heterocycles. The van der Waals surface area contributed by atoms with Crippen LogP contribution in [-0.4, -0.2) is 33.1 Å². The molecule has 4 heterocycles. The van der Waals surface area contributed by atoms with E-state index in [1.54, 1.807) is 18.3 Å². The molecule has 0 radical (unpaired) electrons. The molecule has 144 valence electrons. The lowest BCUT2D eigenvalue weighted by atomic mass is 9.94. The average molecular weight is 401 g/mol. The van der Waals surface area contributed by atoms with Crippen molar-refractivity contribution in [1.29, 1.82) is 0 Å². The first-order valence-corrected chi connectivity index (χ1v) is 10.4. The van der Waals surface area contributed by atoms with Gasteiger partial charge >= 0.3 is 0 Å². The van der Waals surface area contributed by atoms with Gasteiger partial charge in [0.2, 0.25) is 0 Å². The number of H-pyrrole nitrogens is 1. The Balaban J connectivity index is 1.63. The van der Waals surface area contributed by atoms with E-state index in [0.717, 1.165) is 23.3 Å². The summed E-state index contributed by atoms with van der Waals surface area (Å²) < 4.78 is 0. The second kappa shape index (κ2) is 6.97. The summed E-state index contributed by atoms with van der Waals surface area (Å²) >= 11 is 1.25. The fraction of sp³-hybridized carbons (Fsp3) is 0.174. The first-order chi connectivity index (χ1) is 14.1. The second-order valence-electron chi connectivity index (χ2n) is 7.19. The molecule has 1 atom stereocenters. The van der Waals surface area contributed by atoms with Gasteiger partial charge in [0.05, 0.1) is 15.4 Å². The zero-order chi connectivity index (χ0) is 20.0. The number of amides is 1. The Kier molecular flexibility index (Phi) is 4.28. The van der Waals surface area contributed by atoms with Gasteiger partial charge < -0.3 is 9.88 Å². The Labute approximate surface area is 172 Å². The van der Waals surface area contributed by atoms with Gasteiger partial charge in [-0.1, -0.05) is 24.3 Å². The maximum Gasteiger partial charge on any atom is 0.264 e. The molecule has 0 spiro atoms. The Bertz CT molecular complexity index is 1230. The van der Waals surface area contributed by atoms with E-state index in [-0.39, 0.29) is 17.7 Å². The summed E-state index contributed by atoms with van der Waals surface area (Å²) in [5.74, 6) is -0.0886. The number of nitrogens with one attached hydrogen (secondary N) is 1. The van der Waals surface area contributed by atoms with Crippen LogP contribution in [-0.2, 0) is 6.42 Å². The normalized spacial score (nSPS) is 16.0. The van der Waals surface area contributed by atoms with E-state index < -0.39 is 0 Å². The van der Waals surface area contributed by atoms with Crippen LogP contribution in [0.5, 0.6) is 0 Å². The quantitative estimate of drug-likeness (QED) is 0.510. The number of benzene rings is 1. The molecule has 1 aliphatic rings. The van der Waals surface area contributed by atoms with Crippen LogP contribution in [0.3, 0.4) is 0 Å². The highest BCUT2D eigenvalue weighted by molar-refractivity contribution is 7.15. The van der Waals surface area contributed by atoms with Crippen LogP contribution in [0.4, 0.5) is 0 Å². The zero-order valence-corrected chi connectivity index (χ0v) is 16.7. The number of Topliss-reactive ketones (excluding diaryl/α,β-unsaturated/α-hetero) is 1. The topological polar surface area (TPSA) is 66.1 Å². The summed E-state index contributed by atoms with van der Waals surface area (Å²) in [6, 6.07) is 17.2. The Hall–Kier alpha value is -3.25. The smallest absolute Gasteiger partial charge is 0.264 e. The molecule has 1 N–H and O–H groups in total. The predicted octanol–water partition coefficient (Wildman–Crippen LogP) is 4.61. The average Bonchev–Trinajstić information content (AvgIpc) is 3.38. The van der Waals surface area contributed by atoms with Gasteiger partial charge in [-0.25, -0.2) is 0 Å². The van der Waals surface area contributed by atoms with Crippen LogP contribution >= 0.6 is 11.3 Å². The molecule has 0 aliphatic carbocycles. The second-order valence-corrected chi connectivity index (χ2v) is 8.27. The van der Waals surface area contributed by atoms with Gasteiger partial charge in [0, 0.05) is 29.3 Å². The predicted molar refractivity (Wildman–Crippen MR) is 113 cm³/mol. The molecule has 5 nitrogen and oxygen atoms in total. The van der Waals surface area contributed by atoms with E-state index in [2.05, 4.69) is 22.1 Å². The lowest BCUT2D eigenvalue weighted by Crippen LogP contribution is -2.40. The summed E-state index contributed by atoms with van der Waals surface area (Å²) in [5.41, 5.74) is 4.17. The zero-order valence-electron chi connectivity index (χ0n) is 15.9. The third-order valence-electron chi connectivity index (χ3n) is 5.43. The van der Waals surface area contributed by atoms with Gasteiger partial charge in [-0.05, 0) is 49.2 Å². The Morgan fingerprint density at radius 1 is 1.07 bits per heavy atom. The molecule has 0 unspecified atom stereocenters. The van der Waals surface area contributed by atoms with E-state index in [1.165, 1.54) is 29.2 Å². The molecule has 6 heteroatoms. The van der Waals surface area contributed by atoms with Crippen molar-refractivity contribution in [3.63, 3.8) is 0 Å². The highest BCUT2D eigenvalue weighted by Crippen LogP contribution is 2.38. The molecule has 5 rings (SSSR count). The first-order valence-electron chi connectivity index (χ1n) is 9.55. The molecule has 1 amide bonds. The minimum absolute atomic E-state index is 0.0214. The molecule has 29 heavy (non-hydrogen) atoms. The number of aromatic nitrogens is 2. The van der Waals surface area contributed by atoms with E-state index in [1.807, 2.05) is 35.2 Å². The van der Waals surface area contributed by atoms with Gasteiger partial charge in [0.25, 0.3) is 5.91 Å². The van der Waals surface area contributed by atoms with Crippen LogP contribution < -0.4 is 0 Å².